The van der Waals surface area contributed by atoms with E-state index >= 15 is 0 Å². The Bertz CT molecular complexity index is 394. The summed E-state index contributed by atoms with van der Waals surface area (Å²) in [6, 6.07) is 7.09. The van der Waals surface area contributed by atoms with Gasteiger partial charge in [0.25, 0.3) is 0 Å². The molecule has 2 nitrogen and oxygen atoms in total. The van der Waals surface area contributed by atoms with E-state index in [4.69, 9.17) is 0 Å². The van der Waals surface area contributed by atoms with Crippen LogP contribution >= 0.6 is 0 Å². The number of nitrogens with one attached hydrogen (secondary N) is 1. The van der Waals surface area contributed by atoms with Crippen LogP contribution < -0.4 is 5.32 Å². The van der Waals surface area contributed by atoms with Gasteiger partial charge in [-0.05, 0) is 38.4 Å². The molecule has 3 heteroatoms. The van der Waals surface area contributed by atoms with Crippen LogP contribution in [0.5, 0.6) is 0 Å². The highest BCUT2D eigenvalue weighted by molar-refractivity contribution is 5.21. The molecule has 1 saturated carbocycles. The van der Waals surface area contributed by atoms with E-state index in [2.05, 4.69) is 24.2 Å². The van der Waals surface area contributed by atoms with E-state index in [0.717, 1.165) is 30.5 Å². The quantitative estimate of drug-likeness (QED) is 0.835. The Morgan fingerprint density at radius 3 is 2.67 bits per heavy atom. The van der Waals surface area contributed by atoms with Gasteiger partial charge in [-0.2, -0.15) is 0 Å². The van der Waals surface area contributed by atoms with Crippen molar-refractivity contribution in [3.63, 3.8) is 0 Å². The SMILES string of the molecule is CNC(CN(C)CC1CC1C)c1ccccc1F. The molecule has 100 valence electrons. The number of hydrogen-bond acceptors (Lipinski definition) is 2. The first-order valence-electron chi connectivity index (χ1n) is 6.72. The van der Waals surface area contributed by atoms with Gasteiger partial charge in [-0.25, -0.2) is 4.39 Å². The van der Waals surface area contributed by atoms with Gasteiger partial charge in [0.1, 0.15) is 5.82 Å². The predicted molar refractivity (Wildman–Crippen MR) is 73.0 cm³/mol. The minimum absolute atomic E-state index is 0.0604. The fourth-order valence-electron chi connectivity index (χ4n) is 2.54. The third-order valence-electron chi connectivity index (χ3n) is 3.95. The van der Waals surface area contributed by atoms with Crippen molar-refractivity contribution in [2.75, 3.05) is 27.2 Å². The van der Waals surface area contributed by atoms with Gasteiger partial charge in [0, 0.05) is 24.7 Å². The van der Waals surface area contributed by atoms with Crippen molar-refractivity contribution < 1.29 is 4.39 Å². The first-order chi connectivity index (χ1) is 8.61. The largest absolute Gasteiger partial charge is 0.312 e. The average molecular weight is 250 g/mol. The lowest BCUT2D eigenvalue weighted by atomic mass is 10.1. The minimum Gasteiger partial charge on any atom is -0.312 e. The van der Waals surface area contributed by atoms with Crippen molar-refractivity contribution in [3.05, 3.63) is 35.6 Å². The van der Waals surface area contributed by atoms with Crippen LogP contribution in [0.15, 0.2) is 24.3 Å². The molecule has 2 rings (SSSR count). The van der Waals surface area contributed by atoms with Gasteiger partial charge in [0.2, 0.25) is 0 Å². The van der Waals surface area contributed by atoms with E-state index < -0.39 is 0 Å². The molecular weight excluding hydrogens is 227 g/mol. The molecule has 18 heavy (non-hydrogen) atoms. The summed E-state index contributed by atoms with van der Waals surface area (Å²) in [7, 11) is 4.01. The summed E-state index contributed by atoms with van der Waals surface area (Å²) in [6.45, 7) is 4.26. The van der Waals surface area contributed by atoms with Crippen LogP contribution in [0.25, 0.3) is 0 Å². The summed E-state index contributed by atoms with van der Waals surface area (Å²) in [4.78, 5) is 2.31. The standard InChI is InChI=1S/C15H23FN2/c1-11-8-12(11)9-18(3)10-15(17-2)13-6-4-5-7-14(13)16/h4-7,11-12,15,17H,8-10H2,1-3H3. The third kappa shape index (κ3) is 3.30. The van der Waals surface area contributed by atoms with Crippen LogP contribution in [0.2, 0.25) is 0 Å². The summed E-state index contributed by atoms with van der Waals surface area (Å²) in [5.41, 5.74) is 0.760. The average Bonchev–Trinajstić information content (AvgIpc) is 3.03. The molecule has 0 amide bonds. The fraction of sp³-hybridized carbons (Fsp3) is 0.600. The first kappa shape index (κ1) is 13.5. The highest BCUT2D eigenvalue weighted by Gasteiger charge is 2.33. The lowest BCUT2D eigenvalue weighted by Crippen LogP contribution is -2.33. The Kier molecular flexibility index (Phi) is 4.36. The third-order valence-corrected chi connectivity index (χ3v) is 3.95. The molecule has 0 saturated heterocycles. The van der Waals surface area contributed by atoms with Gasteiger partial charge in [-0.1, -0.05) is 25.1 Å². The van der Waals surface area contributed by atoms with Crippen molar-refractivity contribution in [2.24, 2.45) is 11.8 Å². The number of likely N-dealkylation sites (N-methyl/N-ethyl adjacent to an activating group) is 2. The van der Waals surface area contributed by atoms with E-state index in [1.54, 1.807) is 6.07 Å². The lowest BCUT2D eigenvalue weighted by molar-refractivity contribution is 0.279. The van der Waals surface area contributed by atoms with E-state index in [1.165, 1.54) is 12.5 Å². The number of benzene rings is 1. The van der Waals surface area contributed by atoms with Crippen LogP contribution in [-0.2, 0) is 0 Å². The van der Waals surface area contributed by atoms with E-state index in [1.807, 2.05) is 19.2 Å². The zero-order valence-corrected chi connectivity index (χ0v) is 11.5. The molecule has 3 atom stereocenters. The summed E-state index contributed by atoms with van der Waals surface area (Å²) < 4.78 is 13.8. The summed E-state index contributed by atoms with van der Waals surface area (Å²) >= 11 is 0. The van der Waals surface area contributed by atoms with Gasteiger partial charge >= 0.3 is 0 Å². The molecule has 3 unspecified atom stereocenters. The molecule has 0 heterocycles. The Morgan fingerprint density at radius 1 is 1.44 bits per heavy atom. The smallest absolute Gasteiger partial charge is 0.128 e. The zero-order valence-electron chi connectivity index (χ0n) is 11.5. The van der Waals surface area contributed by atoms with Crippen LogP contribution in [-0.4, -0.2) is 32.1 Å². The molecule has 1 aromatic carbocycles. The minimum atomic E-state index is -0.120. The lowest BCUT2D eigenvalue weighted by Gasteiger charge is -2.24. The van der Waals surface area contributed by atoms with Gasteiger partial charge in [-0.15, -0.1) is 0 Å². The second-order valence-corrected chi connectivity index (χ2v) is 5.56. The Hall–Kier alpha value is -0.930. The first-order valence-corrected chi connectivity index (χ1v) is 6.72. The molecule has 0 radical (unpaired) electrons. The fourth-order valence-corrected chi connectivity index (χ4v) is 2.54. The van der Waals surface area contributed by atoms with Crippen LogP contribution in [0.1, 0.15) is 24.9 Å². The van der Waals surface area contributed by atoms with E-state index in [0.29, 0.717) is 0 Å². The van der Waals surface area contributed by atoms with Crippen molar-refractivity contribution in [2.45, 2.75) is 19.4 Å². The number of hydrogen-bond donors (Lipinski definition) is 1. The van der Waals surface area contributed by atoms with Crippen LogP contribution in [0.4, 0.5) is 4.39 Å². The van der Waals surface area contributed by atoms with Crippen LogP contribution in [0.3, 0.4) is 0 Å². The second kappa shape index (κ2) is 5.81. The summed E-state index contributed by atoms with van der Waals surface area (Å²) in [6.07, 6.45) is 1.34. The van der Waals surface area contributed by atoms with Crippen molar-refractivity contribution in [1.82, 2.24) is 10.2 Å². The molecule has 1 aliphatic rings. The van der Waals surface area contributed by atoms with Crippen LogP contribution in [0, 0.1) is 17.7 Å². The maximum Gasteiger partial charge on any atom is 0.128 e. The monoisotopic (exact) mass is 250 g/mol. The number of rotatable bonds is 6. The molecule has 0 bridgehead atoms. The van der Waals surface area contributed by atoms with Gasteiger partial charge in [-0.3, -0.25) is 0 Å². The van der Waals surface area contributed by atoms with Gasteiger partial charge in [0.15, 0.2) is 0 Å². The van der Waals surface area contributed by atoms with E-state index in [9.17, 15) is 4.39 Å². The predicted octanol–water partition coefficient (Wildman–Crippen LogP) is 2.67. The summed E-state index contributed by atoms with van der Waals surface area (Å²) in [5, 5.41) is 3.21. The van der Waals surface area contributed by atoms with Crippen molar-refractivity contribution >= 4 is 0 Å². The molecule has 1 aliphatic carbocycles. The molecule has 1 N–H and O–H groups in total. The second-order valence-electron chi connectivity index (χ2n) is 5.56. The highest BCUT2D eigenvalue weighted by Crippen LogP contribution is 2.38. The Labute approximate surface area is 109 Å². The van der Waals surface area contributed by atoms with Crippen molar-refractivity contribution in [1.29, 1.82) is 0 Å². The summed E-state index contributed by atoms with van der Waals surface area (Å²) in [5.74, 6) is 1.59. The molecular formula is C15H23FN2. The highest BCUT2D eigenvalue weighted by atomic mass is 19.1. The maximum absolute atomic E-state index is 13.8. The van der Waals surface area contributed by atoms with E-state index in [-0.39, 0.29) is 11.9 Å². The maximum atomic E-state index is 13.8. The molecule has 0 aromatic heterocycles. The van der Waals surface area contributed by atoms with Gasteiger partial charge in [0.05, 0.1) is 0 Å². The Balaban J connectivity index is 1.94. The Morgan fingerprint density at radius 2 is 2.11 bits per heavy atom. The number of nitrogens with zero attached hydrogens (tertiary/aromatic N) is 1. The molecule has 1 fully saturated rings. The van der Waals surface area contributed by atoms with Gasteiger partial charge < -0.3 is 10.2 Å². The zero-order chi connectivity index (χ0) is 13.1. The molecule has 0 aliphatic heterocycles. The topological polar surface area (TPSA) is 15.3 Å². The normalized spacial score (nSPS) is 24.3. The molecule has 1 aromatic rings. The van der Waals surface area contributed by atoms with Crippen molar-refractivity contribution in [3.8, 4) is 0 Å². The number of halogens is 1. The molecule has 0 spiro atoms.